The summed E-state index contributed by atoms with van der Waals surface area (Å²) in [4.78, 5) is 11.3. The monoisotopic (exact) mass is 352 g/mol. The molecule has 0 N–H and O–H groups in total. The van der Waals surface area contributed by atoms with Crippen molar-refractivity contribution < 1.29 is 32.6 Å². The molecule has 0 aliphatic heterocycles. The first-order valence-corrected chi connectivity index (χ1v) is 8.24. The van der Waals surface area contributed by atoms with Gasteiger partial charge in [-0.25, -0.2) is 0 Å². The number of esters is 1. The lowest BCUT2D eigenvalue weighted by molar-refractivity contribution is -0.131. The molecule has 0 aromatic heterocycles. The Bertz CT molecular complexity index is 595. The largest absolute Gasteiger partial charge is 0.493 e. The highest BCUT2D eigenvalue weighted by Crippen LogP contribution is 2.54. The third-order valence-electron chi connectivity index (χ3n) is 2.83. The van der Waals surface area contributed by atoms with Gasteiger partial charge in [0.05, 0.1) is 25.4 Å². The van der Waals surface area contributed by atoms with Crippen LogP contribution < -0.4 is 14.2 Å². The summed E-state index contributed by atoms with van der Waals surface area (Å²) in [6.07, 6.45) is -0.193. The average molecular weight is 353 g/mol. The van der Waals surface area contributed by atoms with E-state index in [1.165, 1.54) is 41.4 Å². The van der Waals surface area contributed by atoms with Crippen molar-refractivity contribution >= 4 is 25.2 Å². The third kappa shape index (κ3) is 4.14. The van der Waals surface area contributed by atoms with Crippen molar-refractivity contribution in [1.29, 1.82) is 0 Å². The van der Waals surface area contributed by atoms with Gasteiger partial charge in [0.1, 0.15) is 5.75 Å². The molecule has 124 valence electrons. The van der Waals surface area contributed by atoms with E-state index in [1.807, 2.05) is 0 Å². The first kappa shape index (κ1) is 18.8. The average Bonchev–Trinajstić information content (AvgIpc) is 2.49. The first-order valence-electron chi connectivity index (χ1n) is 6.14. The lowest BCUT2D eigenvalue weighted by Gasteiger charge is -2.19. The molecule has 22 heavy (non-hydrogen) atoms. The van der Waals surface area contributed by atoms with E-state index in [1.54, 1.807) is 0 Å². The summed E-state index contributed by atoms with van der Waals surface area (Å²) < 4.78 is 37.6. The molecule has 1 rings (SSSR count). The molecule has 0 saturated heterocycles. The summed E-state index contributed by atoms with van der Waals surface area (Å²) in [5.74, 6) is 0.0460. The standard InChI is InChI=1S/C13H18ClO7P/c1-8(15)21-10-6-11(17-2)13(18-3)12(14)9(10)7-22(16,19-4)20-5/h6H,7H2,1-5H3. The number of hydrogen-bond acceptors (Lipinski definition) is 7. The van der Waals surface area contributed by atoms with Crippen LogP contribution in [0.2, 0.25) is 5.02 Å². The van der Waals surface area contributed by atoms with Gasteiger partial charge in [0.2, 0.25) is 0 Å². The topological polar surface area (TPSA) is 80.3 Å². The minimum Gasteiger partial charge on any atom is -0.493 e. The zero-order chi connectivity index (χ0) is 16.9. The highest BCUT2D eigenvalue weighted by atomic mass is 35.5. The van der Waals surface area contributed by atoms with Crippen LogP contribution in [-0.4, -0.2) is 34.4 Å². The molecule has 1 aromatic rings. The second kappa shape index (κ2) is 7.83. The van der Waals surface area contributed by atoms with Gasteiger partial charge < -0.3 is 23.3 Å². The number of hydrogen-bond donors (Lipinski definition) is 0. The Kier molecular flexibility index (Phi) is 6.68. The molecule has 0 aliphatic carbocycles. The van der Waals surface area contributed by atoms with Crippen molar-refractivity contribution in [2.75, 3.05) is 28.4 Å². The van der Waals surface area contributed by atoms with Crippen LogP contribution in [0.1, 0.15) is 12.5 Å². The van der Waals surface area contributed by atoms with Gasteiger partial charge in [-0.3, -0.25) is 9.36 Å². The zero-order valence-electron chi connectivity index (χ0n) is 13.0. The lowest BCUT2D eigenvalue weighted by atomic mass is 10.2. The van der Waals surface area contributed by atoms with Gasteiger partial charge in [0, 0.05) is 32.8 Å². The van der Waals surface area contributed by atoms with E-state index in [0.29, 0.717) is 0 Å². The van der Waals surface area contributed by atoms with E-state index in [-0.39, 0.29) is 34.0 Å². The molecule has 0 unspecified atom stereocenters. The molecular formula is C13H18ClO7P. The van der Waals surface area contributed by atoms with Crippen LogP contribution in [0, 0.1) is 0 Å². The van der Waals surface area contributed by atoms with Crippen LogP contribution in [0.5, 0.6) is 17.2 Å². The summed E-state index contributed by atoms with van der Waals surface area (Å²) >= 11 is 6.27. The van der Waals surface area contributed by atoms with Gasteiger partial charge in [0.15, 0.2) is 11.5 Å². The van der Waals surface area contributed by atoms with Crippen molar-refractivity contribution in [2.45, 2.75) is 13.1 Å². The van der Waals surface area contributed by atoms with Crippen LogP contribution in [0.3, 0.4) is 0 Å². The number of ether oxygens (including phenoxy) is 3. The molecule has 0 heterocycles. The van der Waals surface area contributed by atoms with Gasteiger partial charge in [0.25, 0.3) is 0 Å². The first-order chi connectivity index (χ1) is 10.3. The van der Waals surface area contributed by atoms with Crippen molar-refractivity contribution in [3.8, 4) is 17.2 Å². The van der Waals surface area contributed by atoms with E-state index >= 15 is 0 Å². The van der Waals surface area contributed by atoms with E-state index < -0.39 is 13.6 Å². The molecule has 9 heteroatoms. The molecule has 7 nitrogen and oxygen atoms in total. The molecule has 0 bridgehead atoms. The maximum absolute atomic E-state index is 12.3. The zero-order valence-corrected chi connectivity index (χ0v) is 14.6. The summed E-state index contributed by atoms with van der Waals surface area (Å²) in [6.45, 7) is 1.24. The predicted octanol–water partition coefficient (Wildman–Crippen LogP) is 3.27. The van der Waals surface area contributed by atoms with Crippen LogP contribution in [0.15, 0.2) is 6.07 Å². The molecule has 0 aliphatic rings. The maximum Gasteiger partial charge on any atom is 0.334 e. The minimum absolute atomic E-state index is 0.101. The van der Waals surface area contributed by atoms with E-state index in [4.69, 9.17) is 34.9 Å². The van der Waals surface area contributed by atoms with Crippen LogP contribution in [0.25, 0.3) is 0 Å². The highest BCUT2D eigenvalue weighted by molar-refractivity contribution is 7.53. The molecular weight excluding hydrogens is 335 g/mol. The summed E-state index contributed by atoms with van der Waals surface area (Å²) in [7, 11) is 1.91. The van der Waals surface area contributed by atoms with Crippen molar-refractivity contribution in [1.82, 2.24) is 0 Å². The van der Waals surface area contributed by atoms with Crippen molar-refractivity contribution in [3.05, 3.63) is 16.7 Å². The van der Waals surface area contributed by atoms with Gasteiger partial charge in [-0.15, -0.1) is 0 Å². The number of benzene rings is 1. The Morgan fingerprint density at radius 3 is 2.14 bits per heavy atom. The molecule has 0 amide bonds. The SMILES string of the molecule is COc1cc(OC(C)=O)c(CP(=O)(OC)OC)c(Cl)c1OC. The second-order valence-corrected chi connectivity index (χ2v) is 6.78. The smallest absolute Gasteiger partial charge is 0.334 e. The number of carbonyl (C=O) groups is 1. The fraction of sp³-hybridized carbons (Fsp3) is 0.462. The molecule has 1 aromatic carbocycles. The van der Waals surface area contributed by atoms with Crippen molar-refractivity contribution in [3.63, 3.8) is 0 Å². The maximum atomic E-state index is 12.3. The Hall–Kier alpha value is -1.27. The van der Waals surface area contributed by atoms with Gasteiger partial charge >= 0.3 is 13.6 Å². The number of rotatable bonds is 7. The summed E-state index contributed by atoms with van der Waals surface area (Å²) in [5.41, 5.74) is 0.265. The summed E-state index contributed by atoms with van der Waals surface area (Å²) in [5, 5.41) is 0.104. The molecule has 0 spiro atoms. The minimum atomic E-state index is -3.43. The quantitative estimate of drug-likeness (QED) is 0.423. The van der Waals surface area contributed by atoms with E-state index in [0.717, 1.165) is 0 Å². The Morgan fingerprint density at radius 1 is 1.14 bits per heavy atom. The molecule has 0 atom stereocenters. The highest BCUT2D eigenvalue weighted by Gasteiger charge is 2.29. The third-order valence-corrected chi connectivity index (χ3v) is 5.05. The Morgan fingerprint density at radius 2 is 1.73 bits per heavy atom. The molecule has 0 radical (unpaired) electrons. The number of methoxy groups -OCH3 is 2. The van der Waals surface area contributed by atoms with E-state index in [2.05, 4.69) is 0 Å². The van der Waals surface area contributed by atoms with Crippen molar-refractivity contribution in [2.24, 2.45) is 0 Å². The van der Waals surface area contributed by atoms with Gasteiger partial charge in [-0.1, -0.05) is 11.6 Å². The second-order valence-electron chi connectivity index (χ2n) is 4.13. The van der Waals surface area contributed by atoms with E-state index in [9.17, 15) is 9.36 Å². The van der Waals surface area contributed by atoms with Crippen LogP contribution in [0.4, 0.5) is 0 Å². The fourth-order valence-corrected chi connectivity index (χ4v) is 3.29. The van der Waals surface area contributed by atoms with Gasteiger partial charge in [-0.05, 0) is 0 Å². The molecule has 0 saturated carbocycles. The Balaban J connectivity index is 3.50. The summed E-state index contributed by atoms with van der Waals surface area (Å²) in [6, 6.07) is 1.43. The molecule has 0 fully saturated rings. The number of carbonyl (C=O) groups excluding carboxylic acids is 1. The van der Waals surface area contributed by atoms with Crippen LogP contribution in [-0.2, 0) is 24.6 Å². The fourth-order valence-electron chi connectivity index (χ4n) is 1.76. The predicted molar refractivity (Wildman–Crippen MR) is 81.2 cm³/mol. The Labute approximate surface area is 133 Å². The lowest BCUT2D eigenvalue weighted by Crippen LogP contribution is -2.07. The normalized spacial score (nSPS) is 11.2. The number of halogens is 1. The van der Waals surface area contributed by atoms with Gasteiger partial charge in [-0.2, -0.15) is 0 Å². The van der Waals surface area contributed by atoms with Crippen LogP contribution >= 0.6 is 19.2 Å².